The van der Waals surface area contributed by atoms with Crippen molar-refractivity contribution in [3.05, 3.63) is 58.3 Å². The summed E-state index contributed by atoms with van der Waals surface area (Å²) in [5, 5.41) is 10.3. The highest BCUT2D eigenvalue weighted by atomic mass is 79.9. The number of pyridine rings is 1. The van der Waals surface area contributed by atoms with Crippen LogP contribution in [0.25, 0.3) is 0 Å². The molecule has 2 aromatic rings. The number of aromatic nitrogens is 1. The van der Waals surface area contributed by atoms with Crippen LogP contribution in [-0.2, 0) is 6.42 Å². The number of rotatable bonds is 5. The molecule has 0 radical (unpaired) electrons. The largest absolute Gasteiger partial charge is 0.491 e. The first-order valence-electron chi connectivity index (χ1n) is 6.59. The number of halogens is 1. The Labute approximate surface area is 127 Å². The van der Waals surface area contributed by atoms with Crippen LogP contribution < -0.4 is 4.74 Å². The minimum Gasteiger partial charge on any atom is -0.491 e. The van der Waals surface area contributed by atoms with Gasteiger partial charge in [-0.15, -0.1) is 0 Å². The lowest BCUT2D eigenvalue weighted by atomic mass is 10.0. The first kappa shape index (κ1) is 15.0. The summed E-state index contributed by atoms with van der Waals surface area (Å²) in [5.74, 6) is 0.778. The van der Waals surface area contributed by atoms with E-state index in [1.54, 1.807) is 6.20 Å². The summed E-state index contributed by atoms with van der Waals surface area (Å²) < 4.78 is 6.57. The normalized spacial score (nSPS) is 12.4. The smallest absolute Gasteiger partial charge is 0.120 e. The zero-order chi connectivity index (χ0) is 14.5. The molecule has 0 spiro atoms. The monoisotopic (exact) mass is 335 g/mol. The van der Waals surface area contributed by atoms with Crippen molar-refractivity contribution in [3.8, 4) is 5.75 Å². The van der Waals surface area contributed by atoms with Crippen LogP contribution in [0.1, 0.15) is 31.2 Å². The van der Waals surface area contributed by atoms with Gasteiger partial charge in [0.2, 0.25) is 0 Å². The van der Waals surface area contributed by atoms with Gasteiger partial charge in [-0.2, -0.15) is 0 Å². The highest BCUT2D eigenvalue weighted by Gasteiger charge is 2.11. The average molecular weight is 336 g/mol. The molecule has 4 heteroatoms. The lowest BCUT2D eigenvalue weighted by Crippen LogP contribution is -2.07. The van der Waals surface area contributed by atoms with Gasteiger partial charge in [0.1, 0.15) is 5.75 Å². The van der Waals surface area contributed by atoms with Crippen molar-refractivity contribution in [1.82, 2.24) is 4.98 Å². The first-order chi connectivity index (χ1) is 9.54. The van der Waals surface area contributed by atoms with Crippen molar-refractivity contribution >= 4 is 15.9 Å². The maximum Gasteiger partial charge on any atom is 0.120 e. The van der Waals surface area contributed by atoms with Gasteiger partial charge in [-0.05, 0) is 59.6 Å². The summed E-state index contributed by atoms with van der Waals surface area (Å²) in [6.07, 6.45) is 1.76. The van der Waals surface area contributed by atoms with Crippen LogP contribution in [0, 0.1) is 0 Å². The molecule has 1 unspecified atom stereocenters. The maximum absolute atomic E-state index is 10.3. The van der Waals surface area contributed by atoms with Gasteiger partial charge in [0, 0.05) is 22.8 Å². The molecule has 0 saturated carbocycles. The Balaban J connectivity index is 2.08. The van der Waals surface area contributed by atoms with Crippen molar-refractivity contribution in [2.45, 2.75) is 32.5 Å². The van der Waals surface area contributed by atoms with E-state index in [2.05, 4.69) is 20.9 Å². The molecule has 1 aromatic carbocycles. The van der Waals surface area contributed by atoms with Crippen LogP contribution in [0.4, 0.5) is 0 Å². The van der Waals surface area contributed by atoms with Gasteiger partial charge < -0.3 is 9.84 Å². The number of hydrogen-bond acceptors (Lipinski definition) is 3. The molecule has 0 fully saturated rings. The minimum absolute atomic E-state index is 0.121. The number of aliphatic hydroxyl groups is 1. The molecule has 1 aromatic heterocycles. The van der Waals surface area contributed by atoms with Gasteiger partial charge >= 0.3 is 0 Å². The molecule has 106 valence electrons. The van der Waals surface area contributed by atoms with E-state index in [1.807, 2.05) is 50.2 Å². The van der Waals surface area contributed by atoms with E-state index < -0.39 is 6.10 Å². The van der Waals surface area contributed by atoms with Gasteiger partial charge in [-0.3, -0.25) is 4.98 Å². The summed E-state index contributed by atoms with van der Waals surface area (Å²) in [4.78, 5) is 4.28. The van der Waals surface area contributed by atoms with Gasteiger partial charge in [-0.25, -0.2) is 0 Å². The first-order valence-corrected chi connectivity index (χ1v) is 7.39. The van der Waals surface area contributed by atoms with Crippen molar-refractivity contribution < 1.29 is 9.84 Å². The van der Waals surface area contributed by atoms with Gasteiger partial charge in [0.25, 0.3) is 0 Å². The zero-order valence-corrected chi connectivity index (χ0v) is 13.2. The number of nitrogens with zero attached hydrogens (tertiary/aromatic N) is 1. The summed E-state index contributed by atoms with van der Waals surface area (Å²) in [5.41, 5.74) is 1.70. The van der Waals surface area contributed by atoms with E-state index >= 15 is 0 Å². The molecule has 0 bridgehead atoms. The van der Waals surface area contributed by atoms with Gasteiger partial charge in [0.05, 0.1) is 12.2 Å². The van der Waals surface area contributed by atoms with E-state index in [1.165, 1.54) is 0 Å². The molecule has 0 amide bonds. The highest BCUT2D eigenvalue weighted by molar-refractivity contribution is 9.10. The Morgan fingerprint density at radius 2 is 2.05 bits per heavy atom. The molecule has 0 aliphatic heterocycles. The van der Waals surface area contributed by atoms with E-state index in [-0.39, 0.29) is 6.10 Å². The number of benzene rings is 1. The van der Waals surface area contributed by atoms with Crippen molar-refractivity contribution in [1.29, 1.82) is 0 Å². The predicted molar refractivity (Wildman–Crippen MR) is 82.8 cm³/mol. The molecule has 1 atom stereocenters. The third kappa shape index (κ3) is 4.32. The Morgan fingerprint density at radius 3 is 2.70 bits per heavy atom. The Bertz CT molecular complexity index is 555. The fourth-order valence-electron chi connectivity index (χ4n) is 1.91. The molecule has 20 heavy (non-hydrogen) atoms. The molecular weight excluding hydrogens is 318 g/mol. The minimum atomic E-state index is -0.584. The SMILES string of the molecule is CC(C)Oc1cccc(C(O)Cc2ccc(Br)cn2)c1. The van der Waals surface area contributed by atoms with E-state index in [4.69, 9.17) is 4.74 Å². The Kier molecular flexibility index (Phi) is 5.15. The van der Waals surface area contributed by atoms with Crippen LogP contribution in [0.3, 0.4) is 0 Å². The lowest BCUT2D eigenvalue weighted by Gasteiger charge is -2.14. The highest BCUT2D eigenvalue weighted by Crippen LogP contribution is 2.23. The predicted octanol–water partition coefficient (Wildman–Crippen LogP) is 3.91. The second kappa shape index (κ2) is 6.86. The lowest BCUT2D eigenvalue weighted by molar-refractivity contribution is 0.176. The second-order valence-electron chi connectivity index (χ2n) is 4.93. The van der Waals surface area contributed by atoms with Crippen LogP contribution in [0.15, 0.2) is 47.1 Å². The third-order valence-corrected chi connectivity index (χ3v) is 3.27. The molecule has 0 saturated heterocycles. The van der Waals surface area contributed by atoms with E-state index in [0.717, 1.165) is 21.5 Å². The topological polar surface area (TPSA) is 42.4 Å². The molecule has 0 aliphatic rings. The molecular formula is C16H18BrNO2. The van der Waals surface area contributed by atoms with Crippen molar-refractivity contribution in [3.63, 3.8) is 0 Å². The number of aliphatic hydroxyl groups excluding tert-OH is 1. The van der Waals surface area contributed by atoms with Gasteiger partial charge in [0.15, 0.2) is 0 Å². The summed E-state index contributed by atoms with van der Waals surface area (Å²) in [6, 6.07) is 11.4. The maximum atomic E-state index is 10.3. The summed E-state index contributed by atoms with van der Waals surface area (Å²) in [7, 11) is 0. The molecule has 1 heterocycles. The van der Waals surface area contributed by atoms with Crippen LogP contribution >= 0.6 is 15.9 Å². The Morgan fingerprint density at radius 1 is 1.25 bits per heavy atom. The molecule has 1 N–H and O–H groups in total. The summed E-state index contributed by atoms with van der Waals surface area (Å²) in [6.45, 7) is 3.96. The molecule has 3 nitrogen and oxygen atoms in total. The van der Waals surface area contributed by atoms with Crippen molar-refractivity contribution in [2.24, 2.45) is 0 Å². The second-order valence-corrected chi connectivity index (χ2v) is 5.84. The van der Waals surface area contributed by atoms with Gasteiger partial charge in [-0.1, -0.05) is 12.1 Å². The van der Waals surface area contributed by atoms with E-state index in [9.17, 15) is 5.11 Å². The van der Waals surface area contributed by atoms with Crippen LogP contribution in [0.2, 0.25) is 0 Å². The fourth-order valence-corrected chi connectivity index (χ4v) is 2.14. The Hall–Kier alpha value is -1.39. The zero-order valence-electron chi connectivity index (χ0n) is 11.6. The van der Waals surface area contributed by atoms with Crippen molar-refractivity contribution in [2.75, 3.05) is 0 Å². The molecule has 0 aliphatic carbocycles. The average Bonchev–Trinajstić information content (AvgIpc) is 2.41. The van der Waals surface area contributed by atoms with Crippen LogP contribution in [-0.4, -0.2) is 16.2 Å². The third-order valence-electron chi connectivity index (χ3n) is 2.81. The van der Waals surface area contributed by atoms with Crippen LogP contribution in [0.5, 0.6) is 5.75 Å². The standard InChI is InChI=1S/C16H18BrNO2/c1-11(2)20-15-5-3-4-12(8-15)16(19)9-14-7-6-13(17)10-18-14/h3-8,10-11,16,19H,9H2,1-2H3. The quantitative estimate of drug-likeness (QED) is 0.900. The fraction of sp³-hybridized carbons (Fsp3) is 0.312. The summed E-state index contributed by atoms with van der Waals surface area (Å²) >= 11 is 3.35. The number of ether oxygens (including phenoxy) is 1. The molecule has 2 rings (SSSR count). The van der Waals surface area contributed by atoms with E-state index in [0.29, 0.717) is 6.42 Å². The number of hydrogen-bond donors (Lipinski definition) is 1.